The first-order valence-corrected chi connectivity index (χ1v) is 11.9. The van der Waals surface area contributed by atoms with E-state index in [9.17, 15) is 4.79 Å². The third kappa shape index (κ3) is 4.67. The Labute approximate surface area is 211 Å². The van der Waals surface area contributed by atoms with Gasteiger partial charge in [-0.05, 0) is 73.5 Å². The van der Waals surface area contributed by atoms with E-state index in [1.807, 2.05) is 26.0 Å². The summed E-state index contributed by atoms with van der Waals surface area (Å²) in [5.41, 5.74) is 1.56. The summed E-state index contributed by atoms with van der Waals surface area (Å²) < 4.78 is 13.1. The van der Waals surface area contributed by atoms with Crippen LogP contribution in [0.2, 0.25) is 10.0 Å². The molecule has 35 heavy (non-hydrogen) atoms. The third-order valence-electron chi connectivity index (χ3n) is 5.63. The zero-order valence-electron chi connectivity index (χ0n) is 19.0. The second-order valence-electron chi connectivity index (χ2n) is 8.13. The zero-order chi connectivity index (χ0) is 24.5. The molecule has 176 valence electrons. The molecule has 0 bridgehead atoms. The Balaban J connectivity index is 1.61. The molecule has 5 aromatic rings. The fraction of sp³-hybridized carbons (Fsp3) is 0.148. The van der Waals surface area contributed by atoms with Crippen LogP contribution in [-0.2, 0) is 0 Å². The third-order valence-corrected chi connectivity index (χ3v) is 6.16. The average Bonchev–Trinajstić information content (AvgIpc) is 3.28. The lowest BCUT2D eigenvalue weighted by Crippen LogP contribution is -2.20. The number of hydrogen-bond donors (Lipinski definition) is 0. The highest BCUT2D eigenvalue weighted by molar-refractivity contribution is 6.32. The van der Waals surface area contributed by atoms with Gasteiger partial charge in [0.15, 0.2) is 5.76 Å². The van der Waals surface area contributed by atoms with Crippen LogP contribution in [0.4, 0.5) is 0 Å². The molecule has 6 nitrogen and oxygen atoms in total. The normalized spacial score (nSPS) is 12.6. The first kappa shape index (κ1) is 23.1. The minimum absolute atomic E-state index is 0.0514. The Morgan fingerprint density at radius 1 is 1.11 bits per heavy atom. The zero-order valence-corrected chi connectivity index (χ0v) is 20.5. The molecule has 0 amide bonds. The Hall–Kier alpha value is -3.61. The van der Waals surface area contributed by atoms with Crippen LogP contribution in [-0.4, -0.2) is 22.0 Å². The fourth-order valence-electron chi connectivity index (χ4n) is 3.63. The molecular weight excluding hydrogens is 485 g/mol. The second-order valence-corrected chi connectivity index (χ2v) is 8.98. The minimum atomic E-state index is -0.317. The highest BCUT2D eigenvalue weighted by Crippen LogP contribution is 2.29. The molecule has 8 heteroatoms. The van der Waals surface area contributed by atoms with E-state index < -0.39 is 0 Å². The van der Waals surface area contributed by atoms with E-state index in [0.717, 1.165) is 11.8 Å². The molecule has 0 spiro atoms. The van der Waals surface area contributed by atoms with E-state index in [1.165, 1.54) is 4.68 Å². The summed E-state index contributed by atoms with van der Waals surface area (Å²) in [7, 11) is 0. The molecule has 0 aliphatic rings. The van der Waals surface area contributed by atoms with Crippen molar-refractivity contribution in [3.63, 3.8) is 0 Å². The van der Waals surface area contributed by atoms with E-state index in [4.69, 9.17) is 32.4 Å². The highest BCUT2D eigenvalue weighted by atomic mass is 35.5. The van der Waals surface area contributed by atoms with E-state index in [-0.39, 0.29) is 17.5 Å². The molecule has 0 radical (unpaired) electrons. The number of halogens is 2. The summed E-state index contributed by atoms with van der Waals surface area (Å²) in [5, 5.41) is 6.77. The van der Waals surface area contributed by atoms with Gasteiger partial charge in [-0.2, -0.15) is 9.78 Å². The molecule has 0 N–H and O–H groups in total. The van der Waals surface area contributed by atoms with Crippen LogP contribution in [0, 0.1) is 0 Å². The number of ether oxygens (including phenoxy) is 1. The number of rotatable bonds is 6. The first-order valence-electron chi connectivity index (χ1n) is 11.1. The largest absolute Gasteiger partial charge is 0.489 e. The van der Waals surface area contributed by atoms with Gasteiger partial charge in [0.25, 0.3) is 5.56 Å². The van der Waals surface area contributed by atoms with E-state index in [0.29, 0.717) is 43.6 Å². The standard InChI is InChI=1S/C27H21Cl2N3O3/c1-3-16(2)34-24-10-8-17(12-21(24)29)15-30-32-26(31-22-7-5-4-6-20(22)27(32)33)25-14-18-13-19(28)9-11-23(18)35-25/h4-16H,3H2,1-2H3/t16-/m0/s1. The van der Waals surface area contributed by atoms with Crippen LogP contribution in [0.5, 0.6) is 5.75 Å². The Morgan fingerprint density at radius 2 is 1.94 bits per heavy atom. The van der Waals surface area contributed by atoms with Crippen molar-refractivity contribution < 1.29 is 9.15 Å². The van der Waals surface area contributed by atoms with E-state index >= 15 is 0 Å². The van der Waals surface area contributed by atoms with Crippen molar-refractivity contribution in [1.29, 1.82) is 0 Å². The van der Waals surface area contributed by atoms with Crippen LogP contribution in [0.3, 0.4) is 0 Å². The average molecular weight is 506 g/mol. The van der Waals surface area contributed by atoms with Gasteiger partial charge in [0.05, 0.1) is 28.2 Å². The molecule has 0 saturated heterocycles. The number of hydrogen-bond acceptors (Lipinski definition) is 5. The SMILES string of the molecule is CC[C@H](C)Oc1ccc(C=Nn2c(-c3cc4cc(Cl)ccc4o3)nc3ccccc3c2=O)cc1Cl. The van der Waals surface area contributed by atoms with Gasteiger partial charge in [0, 0.05) is 10.4 Å². The van der Waals surface area contributed by atoms with Crippen molar-refractivity contribution in [2.75, 3.05) is 0 Å². The predicted molar refractivity (Wildman–Crippen MR) is 141 cm³/mol. The fourth-order valence-corrected chi connectivity index (χ4v) is 4.05. The smallest absolute Gasteiger partial charge is 0.282 e. The van der Waals surface area contributed by atoms with Crippen molar-refractivity contribution in [1.82, 2.24) is 9.66 Å². The number of para-hydroxylation sites is 1. The van der Waals surface area contributed by atoms with Gasteiger partial charge < -0.3 is 9.15 Å². The maximum atomic E-state index is 13.4. The van der Waals surface area contributed by atoms with Gasteiger partial charge in [0.1, 0.15) is 11.3 Å². The molecule has 2 aromatic heterocycles. The van der Waals surface area contributed by atoms with Crippen molar-refractivity contribution in [3.8, 4) is 17.3 Å². The number of aromatic nitrogens is 2. The molecular formula is C27H21Cl2N3O3. The van der Waals surface area contributed by atoms with Crippen molar-refractivity contribution >= 4 is 51.3 Å². The molecule has 1 atom stereocenters. The summed E-state index contributed by atoms with van der Waals surface area (Å²) in [6, 6.07) is 19.6. The second kappa shape index (κ2) is 9.56. The minimum Gasteiger partial charge on any atom is -0.489 e. The van der Waals surface area contributed by atoms with Crippen LogP contribution < -0.4 is 10.3 Å². The number of benzene rings is 3. The van der Waals surface area contributed by atoms with Gasteiger partial charge in [-0.3, -0.25) is 4.79 Å². The highest BCUT2D eigenvalue weighted by Gasteiger charge is 2.16. The monoisotopic (exact) mass is 505 g/mol. The molecule has 3 aromatic carbocycles. The van der Waals surface area contributed by atoms with Gasteiger partial charge in [-0.25, -0.2) is 4.98 Å². The summed E-state index contributed by atoms with van der Waals surface area (Å²) in [6.07, 6.45) is 2.48. The van der Waals surface area contributed by atoms with Gasteiger partial charge >= 0.3 is 0 Å². The molecule has 2 heterocycles. The molecule has 0 fully saturated rings. The Kier molecular flexibility index (Phi) is 6.32. The predicted octanol–water partition coefficient (Wildman–Crippen LogP) is 7.18. The van der Waals surface area contributed by atoms with Crippen molar-refractivity contribution in [3.05, 3.63) is 92.7 Å². The van der Waals surface area contributed by atoms with Crippen LogP contribution >= 0.6 is 23.2 Å². The molecule has 0 aliphatic carbocycles. The van der Waals surface area contributed by atoms with Gasteiger partial charge in [-0.1, -0.05) is 42.3 Å². The summed E-state index contributed by atoms with van der Waals surface area (Å²) in [6.45, 7) is 4.03. The molecule has 5 rings (SSSR count). The first-order chi connectivity index (χ1) is 16.9. The van der Waals surface area contributed by atoms with Crippen LogP contribution in [0.1, 0.15) is 25.8 Å². The quantitative estimate of drug-likeness (QED) is 0.229. The summed E-state index contributed by atoms with van der Waals surface area (Å²) in [4.78, 5) is 18.1. The number of nitrogens with zero attached hydrogens (tertiary/aromatic N) is 3. The Morgan fingerprint density at radius 3 is 2.74 bits per heavy atom. The summed E-state index contributed by atoms with van der Waals surface area (Å²) in [5.74, 6) is 1.28. The van der Waals surface area contributed by atoms with Crippen molar-refractivity contribution in [2.24, 2.45) is 5.10 Å². The van der Waals surface area contributed by atoms with Crippen molar-refractivity contribution in [2.45, 2.75) is 26.4 Å². The van der Waals surface area contributed by atoms with Crippen LogP contribution in [0.15, 0.2) is 81.0 Å². The molecule has 0 aliphatic heterocycles. The maximum absolute atomic E-state index is 13.4. The topological polar surface area (TPSA) is 69.6 Å². The van der Waals surface area contributed by atoms with Gasteiger partial charge in [0.2, 0.25) is 5.82 Å². The number of fused-ring (bicyclic) bond motifs is 2. The van der Waals surface area contributed by atoms with E-state index in [2.05, 4.69) is 10.1 Å². The Bertz CT molecular complexity index is 1640. The number of furan rings is 1. The van der Waals surface area contributed by atoms with Gasteiger partial charge in [-0.15, -0.1) is 0 Å². The molecule has 0 unspecified atom stereocenters. The van der Waals surface area contributed by atoms with Crippen LogP contribution in [0.25, 0.3) is 33.5 Å². The maximum Gasteiger partial charge on any atom is 0.282 e. The lowest BCUT2D eigenvalue weighted by molar-refractivity contribution is 0.217. The lowest BCUT2D eigenvalue weighted by atomic mass is 10.2. The lowest BCUT2D eigenvalue weighted by Gasteiger charge is -2.14. The molecule has 0 saturated carbocycles. The summed E-state index contributed by atoms with van der Waals surface area (Å²) >= 11 is 12.5. The van der Waals surface area contributed by atoms with E-state index in [1.54, 1.807) is 60.8 Å².